The quantitative estimate of drug-likeness (QED) is 0.544. The van der Waals surface area contributed by atoms with Crippen LogP contribution in [0.3, 0.4) is 0 Å². The number of benzene rings is 3. The molecule has 1 fully saturated rings. The molecule has 0 aliphatic carbocycles. The molecule has 2 N–H and O–H groups in total. The monoisotopic (exact) mass is 478 g/mol. The zero-order valence-corrected chi connectivity index (χ0v) is 19.4. The highest BCUT2D eigenvalue weighted by molar-refractivity contribution is 7.89. The molecule has 3 aromatic rings. The molecule has 0 spiro atoms. The molecular formula is C25H26N4O4S. The number of hydrogen-bond acceptors (Lipinski definition) is 5. The summed E-state index contributed by atoms with van der Waals surface area (Å²) in [6.45, 7) is 1.09. The summed E-state index contributed by atoms with van der Waals surface area (Å²) >= 11 is 0. The first kappa shape index (κ1) is 23.5. The Kier molecular flexibility index (Phi) is 7.24. The summed E-state index contributed by atoms with van der Waals surface area (Å²) in [4.78, 5) is 27.4. The van der Waals surface area contributed by atoms with Crippen LogP contribution in [0.1, 0.15) is 10.4 Å². The average Bonchev–Trinajstić information content (AvgIpc) is 2.88. The van der Waals surface area contributed by atoms with Gasteiger partial charge in [-0.25, -0.2) is 8.42 Å². The van der Waals surface area contributed by atoms with E-state index in [2.05, 4.69) is 10.6 Å². The smallest absolute Gasteiger partial charge is 0.257 e. The lowest BCUT2D eigenvalue weighted by Gasteiger charge is -2.34. The van der Waals surface area contributed by atoms with Crippen LogP contribution in [0.15, 0.2) is 89.8 Å². The van der Waals surface area contributed by atoms with Gasteiger partial charge >= 0.3 is 0 Å². The molecule has 2 amide bonds. The largest absolute Gasteiger partial charge is 0.376 e. The number of piperazine rings is 1. The Balaban J connectivity index is 1.33. The van der Waals surface area contributed by atoms with Gasteiger partial charge in [0.2, 0.25) is 15.9 Å². The molecule has 34 heavy (non-hydrogen) atoms. The maximum Gasteiger partial charge on any atom is 0.257 e. The van der Waals surface area contributed by atoms with Gasteiger partial charge in [-0.3, -0.25) is 9.59 Å². The van der Waals surface area contributed by atoms with Crippen LogP contribution in [-0.4, -0.2) is 62.2 Å². The summed E-state index contributed by atoms with van der Waals surface area (Å²) < 4.78 is 27.0. The van der Waals surface area contributed by atoms with E-state index in [1.165, 1.54) is 4.31 Å². The second-order valence-corrected chi connectivity index (χ2v) is 9.76. The molecule has 0 radical (unpaired) electrons. The van der Waals surface area contributed by atoms with Crippen molar-refractivity contribution in [3.63, 3.8) is 0 Å². The lowest BCUT2D eigenvalue weighted by molar-refractivity contribution is -0.130. The predicted octanol–water partition coefficient (Wildman–Crippen LogP) is 2.88. The van der Waals surface area contributed by atoms with E-state index in [-0.39, 0.29) is 36.3 Å². The lowest BCUT2D eigenvalue weighted by atomic mass is 10.1. The molecule has 0 unspecified atom stereocenters. The first-order chi connectivity index (χ1) is 16.4. The van der Waals surface area contributed by atoms with Gasteiger partial charge in [0.05, 0.1) is 17.0 Å². The SMILES string of the molecule is O=C(Nc1ccccc1)c1ccccc1NCC(=O)N1CCN(S(=O)(=O)c2ccccc2)CC1. The molecule has 3 aromatic carbocycles. The highest BCUT2D eigenvalue weighted by atomic mass is 32.2. The molecule has 0 saturated carbocycles. The second-order valence-electron chi connectivity index (χ2n) is 7.82. The average molecular weight is 479 g/mol. The van der Waals surface area contributed by atoms with Crippen LogP contribution in [-0.2, 0) is 14.8 Å². The number of rotatable bonds is 7. The van der Waals surface area contributed by atoms with E-state index in [1.807, 2.05) is 18.2 Å². The van der Waals surface area contributed by atoms with E-state index >= 15 is 0 Å². The third kappa shape index (κ3) is 5.44. The Morgan fingerprint density at radius 3 is 2.03 bits per heavy atom. The Morgan fingerprint density at radius 2 is 1.35 bits per heavy atom. The number of amides is 2. The van der Waals surface area contributed by atoms with E-state index in [9.17, 15) is 18.0 Å². The highest BCUT2D eigenvalue weighted by Crippen LogP contribution is 2.19. The van der Waals surface area contributed by atoms with Gasteiger partial charge in [-0.15, -0.1) is 0 Å². The van der Waals surface area contributed by atoms with E-state index in [0.717, 1.165) is 0 Å². The minimum absolute atomic E-state index is 0.00106. The Labute approximate surface area is 199 Å². The lowest BCUT2D eigenvalue weighted by Crippen LogP contribution is -2.51. The van der Waals surface area contributed by atoms with E-state index in [1.54, 1.807) is 71.6 Å². The molecule has 1 aliphatic rings. The van der Waals surface area contributed by atoms with Crippen LogP contribution in [0.4, 0.5) is 11.4 Å². The van der Waals surface area contributed by atoms with Gasteiger partial charge in [-0.1, -0.05) is 48.5 Å². The van der Waals surface area contributed by atoms with Crippen molar-refractivity contribution in [2.24, 2.45) is 0 Å². The van der Waals surface area contributed by atoms with Crippen LogP contribution in [0.25, 0.3) is 0 Å². The molecule has 0 aromatic heterocycles. The molecule has 1 aliphatic heterocycles. The minimum atomic E-state index is -3.57. The fourth-order valence-electron chi connectivity index (χ4n) is 3.76. The number of anilines is 2. The summed E-state index contributed by atoms with van der Waals surface area (Å²) in [6.07, 6.45) is 0. The maximum absolute atomic E-state index is 12.8. The standard InChI is InChI=1S/C25H26N4O4S/c30-24(28-15-17-29(18-16-28)34(32,33)21-11-5-2-6-12-21)19-26-23-14-8-7-13-22(23)25(31)27-20-9-3-1-4-10-20/h1-14,26H,15-19H2,(H,27,31). The molecule has 176 valence electrons. The Bertz CT molecular complexity index is 1240. The molecule has 4 rings (SSSR count). The third-order valence-electron chi connectivity index (χ3n) is 5.61. The number of sulfonamides is 1. The molecular weight excluding hydrogens is 452 g/mol. The van der Waals surface area contributed by atoms with Crippen LogP contribution < -0.4 is 10.6 Å². The number of hydrogen-bond donors (Lipinski definition) is 2. The van der Waals surface area contributed by atoms with Crippen molar-refractivity contribution >= 4 is 33.2 Å². The number of carbonyl (C=O) groups is 2. The first-order valence-corrected chi connectivity index (χ1v) is 12.4. The van der Waals surface area contributed by atoms with Crippen molar-refractivity contribution in [2.75, 3.05) is 43.4 Å². The van der Waals surface area contributed by atoms with Gasteiger partial charge in [-0.2, -0.15) is 4.31 Å². The highest BCUT2D eigenvalue weighted by Gasteiger charge is 2.29. The van der Waals surface area contributed by atoms with Crippen molar-refractivity contribution in [1.82, 2.24) is 9.21 Å². The second kappa shape index (κ2) is 10.5. The van der Waals surface area contributed by atoms with Crippen molar-refractivity contribution in [3.05, 3.63) is 90.5 Å². The van der Waals surface area contributed by atoms with Gasteiger partial charge in [0.25, 0.3) is 5.91 Å². The van der Waals surface area contributed by atoms with Crippen molar-refractivity contribution < 1.29 is 18.0 Å². The molecule has 0 bridgehead atoms. The van der Waals surface area contributed by atoms with E-state index in [4.69, 9.17) is 0 Å². The van der Waals surface area contributed by atoms with Gasteiger partial charge in [-0.05, 0) is 36.4 Å². The zero-order valence-electron chi connectivity index (χ0n) is 18.6. The van der Waals surface area contributed by atoms with Gasteiger partial charge < -0.3 is 15.5 Å². The van der Waals surface area contributed by atoms with Crippen molar-refractivity contribution in [1.29, 1.82) is 0 Å². The van der Waals surface area contributed by atoms with E-state index < -0.39 is 10.0 Å². The summed E-state index contributed by atoms with van der Waals surface area (Å²) in [5.74, 6) is -0.434. The molecule has 0 atom stereocenters. The minimum Gasteiger partial charge on any atom is -0.376 e. The Hall–Kier alpha value is -3.69. The summed E-state index contributed by atoms with van der Waals surface area (Å²) in [7, 11) is -3.57. The van der Waals surface area contributed by atoms with Crippen LogP contribution >= 0.6 is 0 Å². The maximum atomic E-state index is 12.8. The number of nitrogens with zero attached hydrogens (tertiary/aromatic N) is 2. The summed E-state index contributed by atoms with van der Waals surface area (Å²) in [6, 6.07) is 24.4. The van der Waals surface area contributed by atoms with Crippen molar-refractivity contribution in [2.45, 2.75) is 4.90 Å². The van der Waals surface area contributed by atoms with Crippen LogP contribution in [0.2, 0.25) is 0 Å². The zero-order chi connectivity index (χ0) is 24.0. The fraction of sp³-hybridized carbons (Fsp3) is 0.200. The van der Waals surface area contributed by atoms with Gasteiger partial charge in [0, 0.05) is 37.6 Å². The number of para-hydroxylation sites is 2. The fourth-order valence-corrected chi connectivity index (χ4v) is 5.20. The topological polar surface area (TPSA) is 98.8 Å². The van der Waals surface area contributed by atoms with E-state index in [0.29, 0.717) is 30.0 Å². The third-order valence-corrected chi connectivity index (χ3v) is 7.52. The van der Waals surface area contributed by atoms with Crippen molar-refractivity contribution in [3.8, 4) is 0 Å². The summed E-state index contributed by atoms with van der Waals surface area (Å²) in [5.41, 5.74) is 1.66. The van der Waals surface area contributed by atoms with Crippen LogP contribution in [0.5, 0.6) is 0 Å². The molecule has 9 heteroatoms. The predicted molar refractivity (Wildman–Crippen MR) is 131 cm³/mol. The van der Waals surface area contributed by atoms with Gasteiger partial charge in [0.1, 0.15) is 0 Å². The molecule has 1 heterocycles. The molecule has 8 nitrogen and oxygen atoms in total. The number of carbonyl (C=O) groups excluding carboxylic acids is 2. The normalized spacial score (nSPS) is 14.4. The first-order valence-electron chi connectivity index (χ1n) is 11.0. The molecule has 1 saturated heterocycles. The number of nitrogens with one attached hydrogen (secondary N) is 2. The van der Waals surface area contributed by atoms with Crippen LogP contribution in [0, 0.1) is 0 Å². The summed E-state index contributed by atoms with van der Waals surface area (Å²) in [5, 5.41) is 5.91. The van der Waals surface area contributed by atoms with Gasteiger partial charge in [0.15, 0.2) is 0 Å². The Morgan fingerprint density at radius 1 is 0.765 bits per heavy atom.